The highest BCUT2D eigenvalue weighted by atomic mass is 35.5. The summed E-state index contributed by atoms with van der Waals surface area (Å²) in [6.45, 7) is 1.99. The van der Waals surface area contributed by atoms with Gasteiger partial charge >= 0.3 is 0 Å². The molecule has 0 unspecified atom stereocenters. The van der Waals surface area contributed by atoms with Crippen LogP contribution in [0.4, 0.5) is 5.69 Å². The summed E-state index contributed by atoms with van der Waals surface area (Å²) in [5.74, 6) is 1.77. The molecule has 0 heterocycles. The Morgan fingerprint density at radius 2 is 2.17 bits per heavy atom. The van der Waals surface area contributed by atoms with Gasteiger partial charge in [0.2, 0.25) is 5.91 Å². The number of hydrogen-bond acceptors (Lipinski definition) is 1. The molecule has 1 aromatic rings. The Kier molecular flexibility index (Phi) is 3.06. The number of amides is 1. The lowest BCUT2D eigenvalue weighted by molar-refractivity contribution is -0.121. The maximum atomic E-state index is 12.3. The highest BCUT2D eigenvalue weighted by Gasteiger charge is 2.43. The van der Waals surface area contributed by atoms with Crippen molar-refractivity contribution in [2.75, 3.05) is 5.32 Å². The van der Waals surface area contributed by atoms with Gasteiger partial charge in [0.1, 0.15) is 0 Å². The van der Waals surface area contributed by atoms with E-state index in [0.717, 1.165) is 23.6 Å². The van der Waals surface area contributed by atoms with Gasteiger partial charge in [0, 0.05) is 5.92 Å². The monoisotopic (exact) mass is 263 g/mol. The lowest BCUT2D eigenvalue weighted by Gasteiger charge is -2.21. The van der Waals surface area contributed by atoms with Gasteiger partial charge < -0.3 is 5.32 Å². The van der Waals surface area contributed by atoms with Gasteiger partial charge in [0.15, 0.2) is 0 Å². The van der Waals surface area contributed by atoms with Crippen molar-refractivity contribution in [3.8, 4) is 0 Å². The van der Waals surface area contributed by atoms with Crippen LogP contribution in [0.15, 0.2) is 18.2 Å². The number of hydrogen-bond donors (Lipinski definition) is 1. The predicted molar refractivity (Wildman–Crippen MR) is 73.8 cm³/mol. The van der Waals surface area contributed by atoms with E-state index in [1.807, 2.05) is 25.1 Å². The quantitative estimate of drug-likeness (QED) is 0.858. The largest absolute Gasteiger partial charge is 0.325 e. The van der Waals surface area contributed by atoms with Crippen molar-refractivity contribution in [1.82, 2.24) is 0 Å². The minimum atomic E-state index is 0.160. The van der Waals surface area contributed by atoms with Crippen molar-refractivity contribution >= 4 is 23.2 Å². The van der Waals surface area contributed by atoms with Crippen LogP contribution in [-0.4, -0.2) is 5.91 Å². The number of halogens is 1. The summed E-state index contributed by atoms with van der Waals surface area (Å²) in [4.78, 5) is 12.3. The molecule has 96 valence electrons. The van der Waals surface area contributed by atoms with E-state index in [1.54, 1.807) is 0 Å². The molecule has 1 amide bonds. The van der Waals surface area contributed by atoms with Crippen molar-refractivity contribution in [3.05, 3.63) is 28.8 Å². The first kappa shape index (κ1) is 12.0. The summed E-state index contributed by atoms with van der Waals surface area (Å²) in [7, 11) is 0. The molecule has 2 fully saturated rings. The molecule has 2 aliphatic carbocycles. The zero-order valence-electron chi connectivity index (χ0n) is 10.6. The zero-order chi connectivity index (χ0) is 12.7. The second kappa shape index (κ2) is 4.58. The Morgan fingerprint density at radius 1 is 1.33 bits per heavy atom. The van der Waals surface area contributed by atoms with Crippen LogP contribution < -0.4 is 5.32 Å². The minimum absolute atomic E-state index is 0.160. The average molecular weight is 264 g/mol. The van der Waals surface area contributed by atoms with Crippen molar-refractivity contribution in [2.24, 2.45) is 17.8 Å². The molecular weight excluding hydrogens is 246 g/mol. The third-order valence-electron chi connectivity index (χ3n) is 4.46. The first-order chi connectivity index (χ1) is 8.63. The smallest absolute Gasteiger partial charge is 0.227 e. The Bertz CT molecular complexity index is 485. The Hall–Kier alpha value is -1.02. The highest BCUT2D eigenvalue weighted by molar-refractivity contribution is 6.33. The van der Waals surface area contributed by atoms with Crippen LogP contribution >= 0.6 is 11.6 Å². The molecule has 3 atom stereocenters. The normalized spacial score (nSPS) is 29.6. The van der Waals surface area contributed by atoms with Gasteiger partial charge in [-0.2, -0.15) is 0 Å². The number of anilines is 1. The molecular formula is C15H18ClNO. The zero-order valence-corrected chi connectivity index (χ0v) is 11.3. The topological polar surface area (TPSA) is 29.1 Å². The van der Waals surface area contributed by atoms with E-state index in [1.165, 1.54) is 19.3 Å². The molecule has 0 aliphatic heterocycles. The molecule has 3 rings (SSSR count). The van der Waals surface area contributed by atoms with Crippen molar-refractivity contribution < 1.29 is 4.79 Å². The number of fused-ring (bicyclic) bond motifs is 2. The van der Waals surface area contributed by atoms with Crippen molar-refractivity contribution in [1.29, 1.82) is 0 Å². The maximum Gasteiger partial charge on any atom is 0.227 e. The Balaban J connectivity index is 1.71. The Morgan fingerprint density at radius 3 is 2.78 bits per heavy atom. The lowest BCUT2D eigenvalue weighted by atomic mass is 9.88. The van der Waals surface area contributed by atoms with Gasteiger partial charge in [0.25, 0.3) is 0 Å². The molecule has 1 aromatic carbocycles. The van der Waals surface area contributed by atoms with Crippen molar-refractivity contribution in [3.63, 3.8) is 0 Å². The van der Waals surface area contributed by atoms with Gasteiger partial charge in [-0.3, -0.25) is 4.79 Å². The second-order valence-corrected chi connectivity index (χ2v) is 6.16. The van der Waals surface area contributed by atoms with Gasteiger partial charge in [-0.05, 0) is 55.7 Å². The average Bonchev–Trinajstić information content (AvgIpc) is 2.94. The number of carbonyl (C=O) groups is 1. The Labute approximate surface area is 113 Å². The van der Waals surface area contributed by atoms with E-state index in [9.17, 15) is 4.79 Å². The molecule has 3 heteroatoms. The van der Waals surface area contributed by atoms with E-state index in [4.69, 9.17) is 11.6 Å². The summed E-state index contributed by atoms with van der Waals surface area (Å²) in [6, 6.07) is 5.75. The van der Waals surface area contributed by atoms with Crippen LogP contribution in [-0.2, 0) is 4.79 Å². The molecule has 0 radical (unpaired) electrons. The fourth-order valence-corrected chi connectivity index (χ4v) is 3.80. The second-order valence-electron chi connectivity index (χ2n) is 5.75. The number of benzene rings is 1. The molecule has 2 aliphatic rings. The molecule has 0 saturated heterocycles. The summed E-state index contributed by atoms with van der Waals surface area (Å²) in [5.41, 5.74) is 1.85. The first-order valence-electron chi connectivity index (χ1n) is 6.70. The van der Waals surface area contributed by atoms with Gasteiger partial charge in [-0.1, -0.05) is 24.1 Å². The fraction of sp³-hybridized carbons (Fsp3) is 0.533. The van der Waals surface area contributed by atoms with Crippen molar-refractivity contribution in [2.45, 2.75) is 32.6 Å². The third-order valence-corrected chi connectivity index (χ3v) is 4.77. The van der Waals surface area contributed by atoms with Gasteiger partial charge in [-0.25, -0.2) is 0 Å². The molecule has 2 bridgehead atoms. The molecule has 0 spiro atoms. The molecule has 1 N–H and O–H groups in total. The van der Waals surface area contributed by atoms with Crippen LogP contribution in [0.2, 0.25) is 5.02 Å². The lowest BCUT2D eigenvalue weighted by Crippen LogP contribution is -2.27. The van der Waals surface area contributed by atoms with Gasteiger partial charge in [-0.15, -0.1) is 0 Å². The van der Waals surface area contributed by atoms with Crippen LogP contribution in [0, 0.1) is 24.7 Å². The van der Waals surface area contributed by atoms with E-state index < -0.39 is 0 Å². The summed E-state index contributed by atoms with van der Waals surface area (Å²) in [5, 5.41) is 3.62. The van der Waals surface area contributed by atoms with Crippen LogP contribution in [0.25, 0.3) is 0 Å². The molecule has 18 heavy (non-hydrogen) atoms. The summed E-state index contributed by atoms with van der Waals surface area (Å²) in [6.07, 6.45) is 4.86. The van der Waals surface area contributed by atoms with E-state index in [2.05, 4.69) is 5.32 Å². The number of aryl methyl sites for hydroxylation is 1. The first-order valence-corrected chi connectivity index (χ1v) is 7.08. The third kappa shape index (κ3) is 2.14. The molecule has 2 saturated carbocycles. The highest BCUT2D eigenvalue weighted by Crippen LogP contribution is 2.48. The summed E-state index contributed by atoms with van der Waals surface area (Å²) < 4.78 is 0. The van der Waals surface area contributed by atoms with Crippen LogP contribution in [0.1, 0.15) is 31.2 Å². The molecule has 0 aromatic heterocycles. The predicted octanol–water partition coefficient (Wildman–Crippen LogP) is 4.02. The van der Waals surface area contributed by atoms with E-state index >= 15 is 0 Å². The fourth-order valence-electron chi connectivity index (χ4n) is 3.51. The molecule has 2 nitrogen and oxygen atoms in total. The standard InChI is InChI=1S/C15H18ClNO/c1-9-2-5-14(13(16)6-9)17-15(18)12-8-10-3-4-11(12)7-10/h2,5-6,10-12H,3-4,7-8H2,1H3,(H,17,18)/t10-,11-,12+/m0/s1. The number of rotatable bonds is 2. The number of nitrogens with one attached hydrogen (secondary N) is 1. The van der Waals surface area contributed by atoms with Crippen LogP contribution in [0.5, 0.6) is 0 Å². The minimum Gasteiger partial charge on any atom is -0.325 e. The number of carbonyl (C=O) groups excluding carboxylic acids is 1. The maximum absolute atomic E-state index is 12.3. The van der Waals surface area contributed by atoms with Crippen LogP contribution in [0.3, 0.4) is 0 Å². The summed E-state index contributed by atoms with van der Waals surface area (Å²) >= 11 is 6.14. The van der Waals surface area contributed by atoms with Gasteiger partial charge in [0.05, 0.1) is 10.7 Å². The SMILES string of the molecule is Cc1ccc(NC(=O)[C@@H]2C[C@H]3CC[C@H]2C3)c(Cl)c1. The van der Waals surface area contributed by atoms with E-state index in [-0.39, 0.29) is 11.8 Å². The van der Waals surface area contributed by atoms with E-state index in [0.29, 0.717) is 10.9 Å².